The topological polar surface area (TPSA) is 49.3 Å². The Hall–Kier alpha value is -2.32. The fraction of sp³-hybridized carbons (Fsp3) is 0.472. The average Bonchev–Trinajstić information content (AvgIpc) is 3.01. The van der Waals surface area contributed by atoms with Crippen LogP contribution in [0.4, 0.5) is 0 Å². The van der Waals surface area contributed by atoms with Gasteiger partial charge in [-0.15, -0.1) is 11.6 Å². The summed E-state index contributed by atoms with van der Waals surface area (Å²) < 4.78 is 27.2. The highest BCUT2D eigenvalue weighted by Gasteiger charge is 2.45. The van der Waals surface area contributed by atoms with Crippen LogP contribution >= 0.6 is 11.6 Å². The molecule has 3 aromatic rings. The number of ether oxygens (including phenoxy) is 3. The molecular formula is C36H48ClNO4Si. The molecule has 1 aliphatic heterocycles. The van der Waals surface area contributed by atoms with Gasteiger partial charge < -0.3 is 18.6 Å². The van der Waals surface area contributed by atoms with Crippen LogP contribution in [0.25, 0.3) is 0 Å². The van der Waals surface area contributed by atoms with Crippen LogP contribution in [0.1, 0.15) is 50.3 Å². The molecule has 0 saturated carbocycles. The molecule has 0 aliphatic carbocycles. The minimum Gasteiger partial charge on any atom is -0.409 e. The number of halogens is 1. The molecule has 0 saturated heterocycles. The lowest BCUT2D eigenvalue weighted by Gasteiger charge is -2.43. The first-order valence-corrected chi connectivity index (χ1v) is 18.9. The summed E-state index contributed by atoms with van der Waals surface area (Å²) in [7, 11) is -2.14. The van der Waals surface area contributed by atoms with Gasteiger partial charge in [-0.2, -0.15) is 0 Å². The van der Waals surface area contributed by atoms with Crippen molar-refractivity contribution in [2.24, 2.45) is 4.99 Å². The number of nitrogens with zero attached hydrogens (tertiary/aromatic N) is 1. The Morgan fingerprint density at radius 1 is 0.767 bits per heavy atom. The highest BCUT2D eigenvalue weighted by Crippen LogP contribution is 2.39. The molecule has 0 spiro atoms. The predicted octanol–water partition coefficient (Wildman–Crippen LogP) is 8.61. The van der Waals surface area contributed by atoms with E-state index in [-0.39, 0.29) is 23.4 Å². The van der Waals surface area contributed by atoms with Crippen molar-refractivity contribution in [3.63, 3.8) is 0 Å². The summed E-state index contributed by atoms with van der Waals surface area (Å²) in [4.78, 5) is 5.18. The smallest absolute Gasteiger partial charge is 0.192 e. The molecule has 1 aliphatic rings. The maximum atomic E-state index is 7.07. The molecule has 0 amide bonds. The number of aliphatic imine (C=N–C) groups is 1. The molecule has 4 atom stereocenters. The minimum absolute atomic E-state index is 0.0480. The molecule has 0 unspecified atom stereocenters. The van der Waals surface area contributed by atoms with Crippen LogP contribution in [0.5, 0.6) is 0 Å². The van der Waals surface area contributed by atoms with E-state index in [1.165, 1.54) is 0 Å². The highest BCUT2D eigenvalue weighted by atomic mass is 35.5. The number of hydrogen-bond acceptors (Lipinski definition) is 5. The van der Waals surface area contributed by atoms with Crippen molar-refractivity contribution in [3.05, 3.63) is 108 Å². The molecule has 7 heteroatoms. The van der Waals surface area contributed by atoms with Gasteiger partial charge in [-0.25, -0.2) is 0 Å². The molecular weight excluding hydrogens is 574 g/mol. The van der Waals surface area contributed by atoms with Crippen molar-refractivity contribution < 1.29 is 18.6 Å². The van der Waals surface area contributed by atoms with Crippen LogP contribution < -0.4 is 0 Å². The standard InChI is InChI=1S/C36H48ClNO4Si/c1-36(2,3)43(4,5)42-31(22-15-23-37)33-35(41-27-30-20-13-8-14-21-30)34(40-26-29-18-11-7-12-19-29)32(24-38-33)39-25-28-16-9-6-10-17-28/h6-14,16-21,31-32,34-35H,15,22-27H2,1-5H3/t31-,32-,34-,35-/m1/s1. The Labute approximate surface area is 264 Å². The van der Waals surface area contributed by atoms with Gasteiger partial charge in [0.25, 0.3) is 0 Å². The molecule has 0 fully saturated rings. The van der Waals surface area contributed by atoms with Gasteiger partial charge in [0.2, 0.25) is 0 Å². The number of rotatable bonds is 15. The van der Waals surface area contributed by atoms with Crippen molar-refractivity contribution in [1.29, 1.82) is 0 Å². The largest absolute Gasteiger partial charge is 0.409 e. The van der Waals surface area contributed by atoms with Crippen LogP contribution in [0.3, 0.4) is 0 Å². The lowest BCUT2D eigenvalue weighted by atomic mass is 9.93. The fourth-order valence-electron chi connectivity index (χ4n) is 4.93. The zero-order chi connectivity index (χ0) is 30.7. The van der Waals surface area contributed by atoms with E-state index < -0.39 is 14.4 Å². The molecule has 1 heterocycles. The summed E-state index contributed by atoms with van der Waals surface area (Å²) in [5, 5.41) is 0.0480. The van der Waals surface area contributed by atoms with E-state index in [2.05, 4.69) is 70.3 Å². The Morgan fingerprint density at radius 2 is 1.26 bits per heavy atom. The summed E-state index contributed by atoms with van der Waals surface area (Å²) >= 11 is 6.23. The number of benzene rings is 3. The Morgan fingerprint density at radius 3 is 1.74 bits per heavy atom. The van der Waals surface area contributed by atoms with Crippen molar-refractivity contribution in [3.8, 4) is 0 Å². The second-order valence-corrected chi connectivity index (χ2v) is 17.9. The summed E-state index contributed by atoms with van der Waals surface area (Å²) in [6.45, 7) is 13.2. The van der Waals surface area contributed by atoms with Crippen LogP contribution in [-0.4, -0.2) is 50.9 Å². The molecule has 5 nitrogen and oxygen atoms in total. The van der Waals surface area contributed by atoms with Gasteiger partial charge in [0.05, 0.1) is 38.2 Å². The monoisotopic (exact) mass is 621 g/mol. The van der Waals surface area contributed by atoms with Gasteiger partial charge in [-0.3, -0.25) is 4.99 Å². The lowest BCUT2D eigenvalue weighted by molar-refractivity contribution is -0.135. The van der Waals surface area contributed by atoms with E-state index in [0.29, 0.717) is 32.2 Å². The SMILES string of the molecule is CC(C)(C)[Si](C)(C)O[C@H](CCCCl)C1=NC[C@@H](OCc2ccccc2)[C@@H](OCc2ccccc2)[C@@H]1OCc1ccccc1. The van der Waals surface area contributed by atoms with Gasteiger partial charge in [0.15, 0.2) is 8.32 Å². The third-order valence-electron chi connectivity index (χ3n) is 8.45. The molecule has 4 rings (SSSR count). The van der Waals surface area contributed by atoms with E-state index in [1.807, 2.05) is 54.6 Å². The van der Waals surface area contributed by atoms with E-state index in [4.69, 9.17) is 35.2 Å². The van der Waals surface area contributed by atoms with Gasteiger partial charge in [0.1, 0.15) is 18.3 Å². The van der Waals surface area contributed by atoms with Gasteiger partial charge in [-0.05, 0) is 47.7 Å². The van der Waals surface area contributed by atoms with Crippen LogP contribution in [0, 0.1) is 0 Å². The first kappa shape index (κ1) is 33.6. The Balaban J connectivity index is 1.68. The summed E-state index contributed by atoms with van der Waals surface area (Å²) in [5.41, 5.74) is 4.22. The minimum atomic E-state index is -2.14. The molecule has 3 aromatic carbocycles. The number of alkyl halides is 1. The van der Waals surface area contributed by atoms with Crippen molar-refractivity contribution in [2.75, 3.05) is 12.4 Å². The van der Waals surface area contributed by atoms with E-state index >= 15 is 0 Å². The summed E-state index contributed by atoms with van der Waals surface area (Å²) in [6.07, 6.45) is 0.300. The van der Waals surface area contributed by atoms with Gasteiger partial charge in [-0.1, -0.05) is 112 Å². The normalized spacial score (nSPS) is 20.0. The zero-order valence-corrected chi connectivity index (χ0v) is 28.1. The second-order valence-electron chi connectivity index (χ2n) is 12.8. The molecule has 0 bridgehead atoms. The second kappa shape index (κ2) is 16.1. The molecule has 0 aromatic heterocycles. The van der Waals surface area contributed by atoms with Crippen molar-refractivity contribution in [2.45, 2.75) is 96.0 Å². The maximum Gasteiger partial charge on any atom is 0.192 e. The van der Waals surface area contributed by atoms with Crippen molar-refractivity contribution >= 4 is 25.6 Å². The van der Waals surface area contributed by atoms with E-state index in [0.717, 1.165) is 35.2 Å². The molecule has 0 radical (unpaired) electrons. The Bertz CT molecular complexity index is 1250. The van der Waals surface area contributed by atoms with Crippen LogP contribution in [-0.2, 0) is 38.5 Å². The number of hydrogen-bond donors (Lipinski definition) is 0. The van der Waals surface area contributed by atoms with Crippen LogP contribution in [0.2, 0.25) is 18.1 Å². The quantitative estimate of drug-likeness (QED) is 0.126. The summed E-state index contributed by atoms with van der Waals surface area (Å²) in [5.74, 6) is 0.566. The van der Waals surface area contributed by atoms with E-state index in [9.17, 15) is 0 Å². The average molecular weight is 622 g/mol. The third kappa shape index (κ3) is 9.83. The maximum absolute atomic E-state index is 7.07. The highest BCUT2D eigenvalue weighted by molar-refractivity contribution is 6.74. The lowest BCUT2D eigenvalue weighted by Crippen LogP contribution is -2.56. The van der Waals surface area contributed by atoms with Crippen LogP contribution in [0.15, 0.2) is 96.0 Å². The Kier molecular flexibility index (Phi) is 12.6. The molecule has 232 valence electrons. The summed E-state index contributed by atoms with van der Waals surface area (Å²) in [6, 6.07) is 30.8. The van der Waals surface area contributed by atoms with Gasteiger partial charge in [0, 0.05) is 5.88 Å². The predicted molar refractivity (Wildman–Crippen MR) is 179 cm³/mol. The third-order valence-corrected chi connectivity index (χ3v) is 13.2. The molecule has 43 heavy (non-hydrogen) atoms. The van der Waals surface area contributed by atoms with E-state index in [1.54, 1.807) is 0 Å². The molecule has 0 N–H and O–H groups in total. The zero-order valence-electron chi connectivity index (χ0n) is 26.4. The van der Waals surface area contributed by atoms with Crippen molar-refractivity contribution in [1.82, 2.24) is 0 Å². The fourth-order valence-corrected chi connectivity index (χ4v) is 6.38. The first-order chi connectivity index (χ1) is 20.7. The van der Waals surface area contributed by atoms with Gasteiger partial charge >= 0.3 is 0 Å². The first-order valence-electron chi connectivity index (χ1n) is 15.4.